The highest BCUT2D eigenvalue weighted by atomic mass is 35.5. The van der Waals surface area contributed by atoms with Gasteiger partial charge in [0.15, 0.2) is 0 Å². The Kier molecular flexibility index (Phi) is 4.78. The molecule has 2 amide bonds. The fourth-order valence-electron chi connectivity index (χ4n) is 1.17. The molecule has 0 bridgehead atoms. The number of anilines is 1. The molecule has 0 spiro atoms. The first-order valence-corrected chi connectivity index (χ1v) is 5.53. The van der Waals surface area contributed by atoms with Gasteiger partial charge in [0.2, 0.25) is 0 Å². The Bertz CT molecular complexity index is 435. The van der Waals surface area contributed by atoms with Crippen molar-refractivity contribution >= 4 is 29.1 Å². The van der Waals surface area contributed by atoms with Crippen molar-refractivity contribution in [1.82, 2.24) is 5.32 Å². The zero-order valence-electron chi connectivity index (χ0n) is 9.29. The van der Waals surface area contributed by atoms with Crippen LogP contribution in [0.3, 0.4) is 0 Å². The number of hydrogen-bond acceptors (Lipinski definition) is 3. The van der Waals surface area contributed by atoms with Crippen molar-refractivity contribution < 1.29 is 14.7 Å². The van der Waals surface area contributed by atoms with Gasteiger partial charge in [0.05, 0.1) is 5.69 Å². The summed E-state index contributed by atoms with van der Waals surface area (Å²) in [4.78, 5) is 22.6. The molecular formula is C11H13ClN2O3. The molecule has 0 aliphatic heterocycles. The number of rotatable bonds is 3. The largest absolute Gasteiger partial charge is 0.506 e. The van der Waals surface area contributed by atoms with E-state index in [9.17, 15) is 14.7 Å². The van der Waals surface area contributed by atoms with Crippen molar-refractivity contribution in [1.29, 1.82) is 0 Å². The van der Waals surface area contributed by atoms with Crippen LogP contribution in [0.15, 0.2) is 18.2 Å². The monoisotopic (exact) mass is 256 g/mol. The number of phenols is 1. The Balaban J connectivity index is 2.64. The Morgan fingerprint density at radius 3 is 2.65 bits per heavy atom. The van der Waals surface area contributed by atoms with Crippen molar-refractivity contribution in [3.63, 3.8) is 0 Å². The summed E-state index contributed by atoms with van der Waals surface area (Å²) < 4.78 is 0. The number of alkyl halides is 1. The molecule has 3 N–H and O–H groups in total. The zero-order valence-corrected chi connectivity index (χ0v) is 10.0. The van der Waals surface area contributed by atoms with E-state index in [0.717, 1.165) is 5.56 Å². The second-order valence-electron chi connectivity index (χ2n) is 3.42. The predicted octanol–water partition coefficient (Wildman–Crippen LogP) is 0.994. The Morgan fingerprint density at radius 1 is 1.35 bits per heavy atom. The third kappa shape index (κ3) is 3.96. The van der Waals surface area contributed by atoms with Crippen molar-refractivity contribution in [3.8, 4) is 5.75 Å². The smallest absolute Gasteiger partial charge is 0.313 e. The van der Waals surface area contributed by atoms with Crippen LogP contribution in [0.2, 0.25) is 0 Å². The molecule has 0 aliphatic carbocycles. The van der Waals surface area contributed by atoms with Crippen molar-refractivity contribution in [3.05, 3.63) is 23.8 Å². The lowest BCUT2D eigenvalue weighted by Gasteiger charge is -2.07. The summed E-state index contributed by atoms with van der Waals surface area (Å²) in [6.45, 7) is 2.02. The molecule has 92 valence electrons. The highest BCUT2D eigenvalue weighted by Gasteiger charge is 2.14. The van der Waals surface area contributed by atoms with E-state index in [1.807, 2.05) is 0 Å². The van der Waals surface area contributed by atoms with E-state index in [0.29, 0.717) is 0 Å². The number of aryl methyl sites for hydroxylation is 1. The highest BCUT2D eigenvalue weighted by Crippen LogP contribution is 2.23. The van der Waals surface area contributed by atoms with Gasteiger partial charge in [0.25, 0.3) is 0 Å². The first-order chi connectivity index (χ1) is 8.04. The van der Waals surface area contributed by atoms with Crippen LogP contribution in [0.1, 0.15) is 5.56 Å². The molecule has 1 rings (SSSR count). The minimum absolute atomic E-state index is 0.0801. The van der Waals surface area contributed by atoms with Crippen LogP contribution in [-0.4, -0.2) is 29.3 Å². The van der Waals surface area contributed by atoms with Crippen molar-refractivity contribution in [2.24, 2.45) is 0 Å². The van der Waals surface area contributed by atoms with E-state index in [1.165, 1.54) is 12.1 Å². The molecule has 0 saturated heterocycles. The first-order valence-electron chi connectivity index (χ1n) is 4.99. The number of phenolic OH excluding ortho intramolecular Hbond substituents is 1. The predicted molar refractivity (Wildman–Crippen MR) is 65.2 cm³/mol. The minimum atomic E-state index is -0.839. The van der Waals surface area contributed by atoms with E-state index in [4.69, 9.17) is 11.6 Å². The fourth-order valence-corrected chi connectivity index (χ4v) is 1.26. The summed E-state index contributed by atoms with van der Waals surface area (Å²) in [5.74, 6) is -1.47. The maximum Gasteiger partial charge on any atom is 0.313 e. The molecule has 6 heteroatoms. The Labute approximate surface area is 104 Å². The molecule has 0 saturated carbocycles. The summed E-state index contributed by atoms with van der Waals surface area (Å²) in [7, 11) is 0. The Morgan fingerprint density at radius 2 is 2.06 bits per heavy atom. The summed E-state index contributed by atoms with van der Waals surface area (Å²) in [6.07, 6.45) is 0. The van der Waals surface area contributed by atoms with Gasteiger partial charge in [-0.25, -0.2) is 0 Å². The number of amides is 2. The van der Waals surface area contributed by atoms with E-state index in [2.05, 4.69) is 10.6 Å². The third-order valence-corrected chi connectivity index (χ3v) is 2.18. The summed E-state index contributed by atoms with van der Waals surface area (Å²) in [5, 5.41) is 14.2. The summed E-state index contributed by atoms with van der Waals surface area (Å²) >= 11 is 5.37. The molecule has 0 heterocycles. The minimum Gasteiger partial charge on any atom is -0.506 e. The van der Waals surface area contributed by atoms with Crippen LogP contribution in [0.5, 0.6) is 5.75 Å². The average molecular weight is 257 g/mol. The van der Waals surface area contributed by atoms with Gasteiger partial charge in [-0.2, -0.15) is 0 Å². The van der Waals surface area contributed by atoms with Gasteiger partial charge in [-0.3, -0.25) is 9.59 Å². The van der Waals surface area contributed by atoms with Gasteiger partial charge in [0, 0.05) is 12.4 Å². The molecule has 17 heavy (non-hydrogen) atoms. The maximum absolute atomic E-state index is 11.4. The highest BCUT2D eigenvalue weighted by molar-refractivity contribution is 6.39. The van der Waals surface area contributed by atoms with E-state index in [-0.39, 0.29) is 23.9 Å². The van der Waals surface area contributed by atoms with Crippen molar-refractivity contribution in [2.45, 2.75) is 6.92 Å². The zero-order chi connectivity index (χ0) is 12.8. The molecule has 0 aromatic heterocycles. The number of nitrogens with one attached hydrogen (secondary N) is 2. The van der Waals surface area contributed by atoms with Crippen molar-refractivity contribution in [2.75, 3.05) is 17.7 Å². The van der Waals surface area contributed by atoms with Crippen LogP contribution in [0.4, 0.5) is 5.69 Å². The van der Waals surface area contributed by atoms with E-state index >= 15 is 0 Å². The number of hydrogen-bond donors (Lipinski definition) is 3. The molecule has 1 aromatic rings. The second kappa shape index (κ2) is 6.10. The summed E-state index contributed by atoms with van der Waals surface area (Å²) in [6, 6.07) is 4.73. The molecule has 1 aromatic carbocycles. The number of benzene rings is 1. The van der Waals surface area contributed by atoms with Gasteiger partial charge >= 0.3 is 11.8 Å². The van der Waals surface area contributed by atoms with Crippen LogP contribution in [0, 0.1) is 6.92 Å². The number of carbonyl (C=O) groups is 2. The standard InChI is InChI=1S/C11H13ClN2O3/c1-7-2-3-8(9(15)6-7)14-11(17)10(16)13-5-4-12/h2-3,6,15H,4-5H2,1H3,(H,13,16)(H,14,17). The van der Waals surface area contributed by atoms with Gasteiger partial charge in [-0.15, -0.1) is 11.6 Å². The number of halogens is 1. The van der Waals surface area contributed by atoms with Gasteiger partial charge in [-0.1, -0.05) is 6.07 Å². The van der Waals surface area contributed by atoms with Gasteiger partial charge < -0.3 is 15.7 Å². The normalized spacial score (nSPS) is 9.76. The fraction of sp³-hybridized carbons (Fsp3) is 0.273. The quantitative estimate of drug-likeness (QED) is 0.429. The van der Waals surface area contributed by atoms with Crippen LogP contribution >= 0.6 is 11.6 Å². The first kappa shape index (κ1) is 13.3. The van der Waals surface area contributed by atoms with Crippen LogP contribution in [0.25, 0.3) is 0 Å². The second-order valence-corrected chi connectivity index (χ2v) is 3.80. The molecule has 5 nitrogen and oxygen atoms in total. The molecular weight excluding hydrogens is 244 g/mol. The lowest BCUT2D eigenvalue weighted by atomic mass is 10.2. The SMILES string of the molecule is Cc1ccc(NC(=O)C(=O)NCCCl)c(O)c1. The summed E-state index contributed by atoms with van der Waals surface area (Å²) in [5.41, 5.74) is 1.05. The average Bonchev–Trinajstić information content (AvgIpc) is 2.29. The molecule has 0 atom stereocenters. The van der Waals surface area contributed by atoms with Crippen LogP contribution in [-0.2, 0) is 9.59 Å². The van der Waals surface area contributed by atoms with E-state index in [1.54, 1.807) is 13.0 Å². The lowest BCUT2D eigenvalue weighted by Crippen LogP contribution is -2.36. The number of carbonyl (C=O) groups excluding carboxylic acids is 2. The van der Waals surface area contributed by atoms with Gasteiger partial charge in [-0.05, 0) is 24.6 Å². The Hall–Kier alpha value is -1.75. The molecule has 0 fully saturated rings. The maximum atomic E-state index is 11.4. The third-order valence-electron chi connectivity index (χ3n) is 1.99. The molecule has 0 aliphatic rings. The molecule has 0 radical (unpaired) electrons. The lowest BCUT2D eigenvalue weighted by molar-refractivity contribution is -0.136. The van der Waals surface area contributed by atoms with E-state index < -0.39 is 11.8 Å². The molecule has 0 unspecified atom stereocenters. The van der Waals surface area contributed by atoms with Crippen LogP contribution < -0.4 is 10.6 Å². The topological polar surface area (TPSA) is 78.4 Å². The van der Waals surface area contributed by atoms with Gasteiger partial charge in [0.1, 0.15) is 5.75 Å². The number of aromatic hydroxyl groups is 1.